The molecule has 0 aromatic heterocycles. The second-order valence-corrected chi connectivity index (χ2v) is 5.32. The van der Waals surface area contributed by atoms with Gasteiger partial charge in [-0.05, 0) is 52.2 Å². The van der Waals surface area contributed by atoms with E-state index in [4.69, 9.17) is 0 Å². The van der Waals surface area contributed by atoms with Crippen LogP contribution in [-0.2, 0) is 0 Å². The topological polar surface area (TPSA) is 15.3 Å². The van der Waals surface area contributed by atoms with E-state index >= 15 is 0 Å². The number of unbranched alkanes of at least 4 members (excludes halogenated alkanes) is 2. The first-order chi connectivity index (χ1) is 7.76. The van der Waals surface area contributed by atoms with Crippen molar-refractivity contribution in [3.63, 3.8) is 0 Å². The Balaban J connectivity index is 3.43. The third kappa shape index (κ3) is 8.43. The molecular weight excluding hydrogens is 216 g/mol. The summed E-state index contributed by atoms with van der Waals surface area (Å²) in [7, 11) is 2.27. The van der Waals surface area contributed by atoms with Crippen LogP contribution in [0.4, 0.5) is 0 Å². The van der Waals surface area contributed by atoms with Crippen molar-refractivity contribution < 1.29 is 0 Å². The molecule has 0 aromatic carbocycles. The minimum atomic E-state index is 0.767. The van der Waals surface area contributed by atoms with Crippen molar-refractivity contribution in [1.82, 2.24) is 10.2 Å². The Morgan fingerprint density at radius 3 is 2.50 bits per heavy atom. The van der Waals surface area contributed by atoms with Crippen LogP contribution >= 0.6 is 11.8 Å². The minimum absolute atomic E-state index is 0.767. The van der Waals surface area contributed by atoms with Gasteiger partial charge in [0, 0.05) is 11.8 Å². The van der Waals surface area contributed by atoms with Gasteiger partial charge in [0.2, 0.25) is 0 Å². The van der Waals surface area contributed by atoms with Gasteiger partial charge in [-0.15, -0.1) is 0 Å². The average Bonchev–Trinajstić information content (AvgIpc) is 2.30. The quantitative estimate of drug-likeness (QED) is 0.564. The van der Waals surface area contributed by atoms with Gasteiger partial charge in [0.15, 0.2) is 0 Å². The number of hydrogen-bond acceptors (Lipinski definition) is 3. The Kier molecular flexibility index (Phi) is 11.9. The molecule has 0 rings (SSSR count). The number of rotatable bonds is 11. The molecule has 0 saturated carbocycles. The Morgan fingerprint density at radius 1 is 1.19 bits per heavy atom. The molecule has 0 aliphatic rings. The van der Waals surface area contributed by atoms with Crippen molar-refractivity contribution in [2.24, 2.45) is 0 Å². The van der Waals surface area contributed by atoms with Crippen molar-refractivity contribution in [3.05, 3.63) is 0 Å². The van der Waals surface area contributed by atoms with Crippen LogP contribution in [0.25, 0.3) is 0 Å². The zero-order valence-corrected chi connectivity index (χ0v) is 12.4. The molecule has 0 saturated heterocycles. The summed E-state index contributed by atoms with van der Waals surface area (Å²) < 4.78 is 0. The highest BCUT2D eigenvalue weighted by Crippen LogP contribution is 2.09. The summed E-state index contributed by atoms with van der Waals surface area (Å²) in [6, 6.07) is 0.767. The van der Waals surface area contributed by atoms with E-state index in [1.165, 1.54) is 44.5 Å². The summed E-state index contributed by atoms with van der Waals surface area (Å²) in [5.74, 6) is 1.27. The van der Waals surface area contributed by atoms with Gasteiger partial charge < -0.3 is 10.2 Å². The summed E-state index contributed by atoms with van der Waals surface area (Å²) in [5, 5.41) is 3.37. The molecule has 0 radical (unpaired) electrons. The molecule has 0 heterocycles. The van der Waals surface area contributed by atoms with Crippen LogP contribution in [0, 0.1) is 0 Å². The first-order valence-electron chi connectivity index (χ1n) is 6.66. The smallest absolute Gasteiger partial charge is 0.0180 e. The van der Waals surface area contributed by atoms with Gasteiger partial charge in [-0.2, -0.15) is 11.8 Å². The summed E-state index contributed by atoms with van der Waals surface area (Å²) in [6.45, 7) is 8.00. The zero-order chi connectivity index (χ0) is 12.2. The van der Waals surface area contributed by atoms with Crippen LogP contribution in [0.3, 0.4) is 0 Å². The highest BCUT2D eigenvalue weighted by Gasteiger charge is 2.10. The van der Waals surface area contributed by atoms with E-state index in [2.05, 4.69) is 37.4 Å². The average molecular weight is 246 g/mol. The van der Waals surface area contributed by atoms with Crippen molar-refractivity contribution in [3.8, 4) is 0 Å². The lowest BCUT2D eigenvalue weighted by molar-refractivity contribution is 0.250. The lowest BCUT2D eigenvalue weighted by Crippen LogP contribution is -2.34. The molecule has 0 amide bonds. The molecule has 1 atom stereocenters. The van der Waals surface area contributed by atoms with Crippen molar-refractivity contribution >= 4 is 11.8 Å². The molecule has 1 unspecified atom stereocenters. The second-order valence-electron chi connectivity index (χ2n) is 4.41. The van der Waals surface area contributed by atoms with Crippen LogP contribution < -0.4 is 5.32 Å². The second kappa shape index (κ2) is 11.7. The number of thioether (sulfide) groups is 1. The SMILES string of the molecule is CCNCCCCCN(C)C(CC)CSC. The van der Waals surface area contributed by atoms with Crippen LogP contribution in [0.2, 0.25) is 0 Å². The normalized spacial score (nSPS) is 13.3. The van der Waals surface area contributed by atoms with Crippen molar-refractivity contribution in [2.45, 2.75) is 45.6 Å². The van der Waals surface area contributed by atoms with Gasteiger partial charge in [-0.25, -0.2) is 0 Å². The zero-order valence-electron chi connectivity index (χ0n) is 11.6. The highest BCUT2D eigenvalue weighted by molar-refractivity contribution is 7.98. The van der Waals surface area contributed by atoms with E-state index in [1.54, 1.807) is 0 Å². The van der Waals surface area contributed by atoms with E-state index in [1.807, 2.05) is 11.8 Å². The first kappa shape index (κ1) is 16.3. The predicted molar refractivity (Wildman–Crippen MR) is 77.5 cm³/mol. The van der Waals surface area contributed by atoms with Crippen LogP contribution in [0.1, 0.15) is 39.5 Å². The third-order valence-corrected chi connectivity index (χ3v) is 3.79. The third-order valence-electron chi connectivity index (χ3n) is 3.07. The molecule has 0 aliphatic carbocycles. The van der Waals surface area contributed by atoms with E-state index in [0.29, 0.717) is 0 Å². The fraction of sp³-hybridized carbons (Fsp3) is 1.00. The maximum Gasteiger partial charge on any atom is 0.0180 e. The van der Waals surface area contributed by atoms with Gasteiger partial charge in [-0.1, -0.05) is 20.3 Å². The Labute approximate surface area is 107 Å². The van der Waals surface area contributed by atoms with Gasteiger partial charge in [0.25, 0.3) is 0 Å². The lowest BCUT2D eigenvalue weighted by atomic mass is 10.2. The molecule has 3 heteroatoms. The number of nitrogens with one attached hydrogen (secondary N) is 1. The minimum Gasteiger partial charge on any atom is -0.317 e. The molecule has 16 heavy (non-hydrogen) atoms. The Morgan fingerprint density at radius 2 is 1.94 bits per heavy atom. The monoisotopic (exact) mass is 246 g/mol. The summed E-state index contributed by atoms with van der Waals surface area (Å²) in [5.41, 5.74) is 0. The fourth-order valence-electron chi connectivity index (χ4n) is 1.90. The number of nitrogens with zero attached hydrogens (tertiary/aromatic N) is 1. The standard InChI is InChI=1S/C13H30N2S/c1-5-13(12-16-4)15(3)11-9-7-8-10-14-6-2/h13-14H,5-12H2,1-4H3. The molecule has 0 spiro atoms. The number of hydrogen-bond donors (Lipinski definition) is 1. The largest absolute Gasteiger partial charge is 0.317 e. The van der Waals surface area contributed by atoms with Crippen LogP contribution in [0.5, 0.6) is 0 Å². The van der Waals surface area contributed by atoms with E-state index in [9.17, 15) is 0 Å². The summed E-state index contributed by atoms with van der Waals surface area (Å²) >= 11 is 1.96. The first-order valence-corrected chi connectivity index (χ1v) is 8.05. The molecule has 0 aromatic rings. The molecule has 0 aliphatic heterocycles. The summed E-state index contributed by atoms with van der Waals surface area (Å²) in [4.78, 5) is 2.53. The summed E-state index contributed by atoms with van der Waals surface area (Å²) in [6.07, 6.45) is 7.49. The Bertz CT molecular complexity index is 142. The van der Waals surface area contributed by atoms with E-state index in [-0.39, 0.29) is 0 Å². The maximum atomic E-state index is 3.37. The highest BCUT2D eigenvalue weighted by atomic mass is 32.2. The van der Waals surface area contributed by atoms with Gasteiger partial charge in [-0.3, -0.25) is 0 Å². The van der Waals surface area contributed by atoms with Gasteiger partial charge >= 0.3 is 0 Å². The van der Waals surface area contributed by atoms with E-state index in [0.717, 1.165) is 12.6 Å². The molecular formula is C13H30N2S. The lowest BCUT2D eigenvalue weighted by Gasteiger charge is -2.26. The predicted octanol–water partition coefficient (Wildman–Crippen LogP) is 2.84. The fourth-order valence-corrected chi connectivity index (χ4v) is 2.77. The van der Waals surface area contributed by atoms with Crippen LogP contribution in [-0.4, -0.2) is 49.6 Å². The van der Waals surface area contributed by atoms with Gasteiger partial charge in [0.1, 0.15) is 0 Å². The Hall–Kier alpha value is 0.270. The van der Waals surface area contributed by atoms with E-state index < -0.39 is 0 Å². The molecule has 0 bridgehead atoms. The molecule has 1 N–H and O–H groups in total. The maximum absolute atomic E-state index is 3.37. The molecule has 2 nitrogen and oxygen atoms in total. The van der Waals surface area contributed by atoms with Crippen LogP contribution in [0.15, 0.2) is 0 Å². The van der Waals surface area contributed by atoms with Gasteiger partial charge in [0.05, 0.1) is 0 Å². The van der Waals surface area contributed by atoms with Crippen molar-refractivity contribution in [2.75, 3.05) is 38.7 Å². The molecule has 98 valence electrons. The van der Waals surface area contributed by atoms with Crippen molar-refractivity contribution in [1.29, 1.82) is 0 Å². The molecule has 0 fully saturated rings.